The molecule has 1 fully saturated rings. The van der Waals surface area contributed by atoms with Crippen LogP contribution in [0.4, 0.5) is 0 Å². The van der Waals surface area contributed by atoms with E-state index in [-0.39, 0.29) is 0 Å². The van der Waals surface area contributed by atoms with Crippen LogP contribution in [0.25, 0.3) is 0 Å². The Morgan fingerprint density at radius 3 is 1.83 bits per heavy atom. The zero-order chi connectivity index (χ0) is 4.41. The van der Waals surface area contributed by atoms with Gasteiger partial charge in [-0.05, 0) is 12.8 Å². The molecule has 0 aromatic heterocycles. The highest BCUT2D eigenvalue weighted by molar-refractivity contribution is 7.13. The molecule has 36 valence electrons. The molecule has 1 saturated heterocycles. The summed E-state index contributed by atoms with van der Waals surface area (Å²) < 4.78 is 2.39. The van der Waals surface area contributed by atoms with E-state index in [0.717, 1.165) is 0 Å². The van der Waals surface area contributed by atoms with Gasteiger partial charge < -0.3 is 0 Å². The molecular weight excluding hydrogens is 93.0 g/mol. The molecule has 0 aromatic carbocycles. The van der Waals surface area contributed by atoms with Crippen molar-refractivity contribution in [2.75, 3.05) is 13.1 Å². The van der Waals surface area contributed by atoms with Crippen LogP contribution in [-0.4, -0.2) is 17.8 Å². The van der Waals surface area contributed by atoms with Crippen LogP contribution in [0.15, 0.2) is 0 Å². The Bertz CT molecular complexity index is 40.8. The van der Waals surface area contributed by atoms with Crippen molar-refractivity contribution >= 4 is 9.39 Å². The summed E-state index contributed by atoms with van der Waals surface area (Å²) >= 11 is 0. The van der Waals surface area contributed by atoms with Gasteiger partial charge in [0.2, 0.25) is 0 Å². The standard InChI is InChI=1S/C4H10NP/c6-5-3-1-2-4-5/h1-4,6H2/p+1. The van der Waals surface area contributed by atoms with Gasteiger partial charge in [-0.3, -0.25) is 0 Å². The Hall–Kier alpha value is 0.390. The second-order valence-corrected chi connectivity index (χ2v) is 2.72. The quantitative estimate of drug-likeness (QED) is 0.407. The maximum absolute atomic E-state index is 2.39. The Morgan fingerprint density at radius 2 is 1.67 bits per heavy atom. The van der Waals surface area contributed by atoms with Gasteiger partial charge in [-0.25, -0.2) is 0 Å². The fraction of sp³-hybridized carbons (Fsp3) is 1.00. The molecule has 0 spiro atoms. The molecule has 6 heavy (non-hydrogen) atoms. The highest BCUT2D eigenvalue weighted by atomic mass is 31.0. The fourth-order valence-electron chi connectivity index (χ4n) is 0.783. The van der Waals surface area contributed by atoms with Crippen LogP contribution in [0.3, 0.4) is 0 Å². The van der Waals surface area contributed by atoms with E-state index in [1.807, 2.05) is 9.39 Å². The summed E-state index contributed by atoms with van der Waals surface area (Å²) in [4.78, 5) is 0. The molecule has 1 unspecified atom stereocenters. The van der Waals surface area contributed by atoms with Crippen LogP contribution in [0.5, 0.6) is 0 Å². The summed E-state index contributed by atoms with van der Waals surface area (Å²) in [5.41, 5.74) is 0. The number of rotatable bonds is 0. The van der Waals surface area contributed by atoms with E-state index in [1.165, 1.54) is 25.9 Å². The Labute approximate surface area is 41.0 Å². The summed E-state index contributed by atoms with van der Waals surface area (Å²) in [7, 11) is 2.00. The second-order valence-electron chi connectivity index (χ2n) is 1.83. The molecule has 0 saturated carbocycles. The number of hydrogen-bond donors (Lipinski definition) is 0. The average Bonchev–Trinajstić information content (AvgIpc) is 1.86. The van der Waals surface area contributed by atoms with Crippen LogP contribution >= 0.6 is 9.39 Å². The van der Waals surface area contributed by atoms with Crippen LogP contribution in [0, 0.1) is 0 Å². The zero-order valence-corrected chi connectivity index (χ0v) is 5.40. The zero-order valence-electron chi connectivity index (χ0n) is 3.98. The second kappa shape index (κ2) is 1.90. The Balaban J connectivity index is 2.18. The lowest BCUT2D eigenvalue weighted by Gasteiger charge is -1.93. The topological polar surface area (TPSA) is 3.24 Å². The first-order valence-electron chi connectivity index (χ1n) is 2.45. The van der Waals surface area contributed by atoms with Gasteiger partial charge in [-0.1, -0.05) is 0 Å². The molecule has 1 nitrogen and oxygen atoms in total. The van der Waals surface area contributed by atoms with Gasteiger partial charge in [0.15, 0.2) is 0 Å². The molecular formula is C4H11NP+. The van der Waals surface area contributed by atoms with Crippen molar-refractivity contribution in [1.29, 1.82) is 0 Å². The van der Waals surface area contributed by atoms with E-state index in [0.29, 0.717) is 0 Å². The first-order chi connectivity index (χ1) is 2.89. The van der Waals surface area contributed by atoms with Gasteiger partial charge in [-0.2, -0.15) is 4.67 Å². The largest absolute Gasteiger partial charge is 0.188 e. The van der Waals surface area contributed by atoms with E-state index >= 15 is 0 Å². The molecule has 0 radical (unpaired) electrons. The first kappa shape index (κ1) is 4.55. The molecule has 0 N–H and O–H groups in total. The van der Waals surface area contributed by atoms with E-state index < -0.39 is 0 Å². The lowest BCUT2D eigenvalue weighted by molar-refractivity contribution is 0.586. The van der Waals surface area contributed by atoms with Crippen molar-refractivity contribution in [2.45, 2.75) is 12.8 Å². The van der Waals surface area contributed by atoms with Gasteiger partial charge in [0.25, 0.3) is 0 Å². The molecule has 1 aliphatic rings. The smallest absolute Gasteiger partial charge is 0.0431 e. The molecule has 1 heterocycles. The third-order valence-electron chi connectivity index (χ3n) is 1.20. The molecule has 0 amide bonds. The van der Waals surface area contributed by atoms with Crippen molar-refractivity contribution in [3.05, 3.63) is 0 Å². The monoisotopic (exact) mass is 104 g/mol. The molecule has 1 atom stereocenters. The van der Waals surface area contributed by atoms with Gasteiger partial charge in [-0.15, -0.1) is 0 Å². The van der Waals surface area contributed by atoms with Crippen LogP contribution in [0.1, 0.15) is 12.8 Å². The van der Waals surface area contributed by atoms with Crippen LogP contribution in [0.2, 0.25) is 0 Å². The minimum Gasteiger partial charge on any atom is -0.188 e. The summed E-state index contributed by atoms with van der Waals surface area (Å²) in [5, 5.41) is 0. The SMILES string of the molecule is [PH3+]N1CCCC1. The van der Waals surface area contributed by atoms with Gasteiger partial charge >= 0.3 is 0 Å². The van der Waals surface area contributed by atoms with Crippen LogP contribution in [-0.2, 0) is 0 Å². The lowest BCUT2D eigenvalue weighted by Crippen LogP contribution is -2.01. The number of nitrogens with zero attached hydrogens (tertiary/aromatic N) is 1. The number of hydrogen-bond acceptors (Lipinski definition) is 1. The third kappa shape index (κ3) is 0.924. The molecule has 0 bridgehead atoms. The van der Waals surface area contributed by atoms with Crippen molar-refractivity contribution in [3.8, 4) is 0 Å². The Morgan fingerprint density at radius 1 is 1.17 bits per heavy atom. The maximum atomic E-state index is 2.39. The van der Waals surface area contributed by atoms with E-state index in [4.69, 9.17) is 0 Å². The molecule has 2 heteroatoms. The third-order valence-corrected chi connectivity index (χ3v) is 1.83. The molecule has 0 aliphatic carbocycles. The average molecular weight is 104 g/mol. The van der Waals surface area contributed by atoms with E-state index in [9.17, 15) is 0 Å². The summed E-state index contributed by atoms with van der Waals surface area (Å²) in [6, 6.07) is 0. The van der Waals surface area contributed by atoms with Crippen molar-refractivity contribution in [1.82, 2.24) is 4.67 Å². The van der Waals surface area contributed by atoms with Gasteiger partial charge in [0, 0.05) is 22.5 Å². The molecule has 0 aromatic rings. The van der Waals surface area contributed by atoms with Crippen molar-refractivity contribution < 1.29 is 0 Å². The minimum absolute atomic E-state index is 1.33. The molecule has 1 rings (SSSR count). The lowest BCUT2D eigenvalue weighted by atomic mass is 10.4. The highest BCUT2D eigenvalue weighted by Gasteiger charge is 2.07. The summed E-state index contributed by atoms with van der Waals surface area (Å²) in [6.07, 6.45) is 2.84. The first-order valence-corrected chi connectivity index (χ1v) is 3.08. The predicted molar refractivity (Wildman–Crippen MR) is 31.9 cm³/mol. The Kier molecular flexibility index (Phi) is 1.44. The normalized spacial score (nSPS) is 26.0. The maximum Gasteiger partial charge on any atom is 0.0431 e. The highest BCUT2D eigenvalue weighted by Crippen LogP contribution is 2.10. The van der Waals surface area contributed by atoms with Crippen LogP contribution < -0.4 is 0 Å². The van der Waals surface area contributed by atoms with E-state index in [1.54, 1.807) is 0 Å². The van der Waals surface area contributed by atoms with E-state index in [2.05, 4.69) is 4.67 Å². The van der Waals surface area contributed by atoms with Gasteiger partial charge in [0.1, 0.15) is 0 Å². The summed E-state index contributed by atoms with van der Waals surface area (Å²) in [5.74, 6) is 0. The van der Waals surface area contributed by atoms with Gasteiger partial charge in [0.05, 0.1) is 0 Å². The minimum atomic E-state index is 1.33. The predicted octanol–water partition coefficient (Wildman–Crippen LogP) is 0.605. The van der Waals surface area contributed by atoms with Crippen molar-refractivity contribution in [3.63, 3.8) is 0 Å². The summed E-state index contributed by atoms with van der Waals surface area (Å²) in [6.45, 7) is 2.66. The van der Waals surface area contributed by atoms with Crippen molar-refractivity contribution in [2.24, 2.45) is 0 Å². The molecule has 1 aliphatic heterocycles. The fourth-order valence-corrected chi connectivity index (χ4v) is 1.23.